The summed E-state index contributed by atoms with van der Waals surface area (Å²) in [6.45, 7) is -1.12. The fourth-order valence-corrected chi connectivity index (χ4v) is 1.62. The molecular formula is C13H17F2NO4. The fraction of sp³-hybridized carbons (Fsp3) is 0.462. The van der Waals surface area contributed by atoms with Crippen molar-refractivity contribution in [2.75, 3.05) is 14.2 Å². The number of hydrogen-bond donors (Lipinski definition) is 1. The Kier molecular flexibility index (Phi) is 5.69. The largest absolute Gasteiger partial charge is 0.493 e. The number of rotatable bonds is 7. The number of likely N-dealkylation sites (N-methyl/N-ethyl adjacent to an activating group) is 1. The molecule has 112 valence electrons. The standard InChI is InChI=1S/C13H17F2NO4/c1-8(12(17)18)16(2)7-9-4-5-10(19-3)11(6-9)20-13(14)15/h4-6,8,13H,7H2,1-3H3,(H,17,18). The summed E-state index contributed by atoms with van der Waals surface area (Å²) in [6.07, 6.45) is 0. The van der Waals surface area contributed by atoms with Crippen molar-refractivity contribution in [1.82, 2.24) is 4.90 Å². The van der Waals surface area contributed by atoms with Gasteiger partial charge in [0, 0.05) is 6.54 Å². The number of carboxylic acids is 1. The van der Waals surface area contributed by atoms with Crippen molar-refractivity contribution in [3.8, 4) is 11.5 Å². The van der Waals surface area contributed by atoms with E-state index in [9.17, 15) is 13.6 Å². The summed E-state index contributed by atoms with van der Waals surface area (Å²) in [5.74, 6) is -0.829. The van der Waals surface area contributed by atoms with E-state index in [0.717, 1.165) is 0 Å². The maximum Gasteiger partial charge on any atom is 0.387 e. The van der Waals surface area contributed by atoms with Gasteiger partial charge in [0.05, 0.1) is 7.11 Å². The van der Waals surface area contributed by atoms with E-state index >= 15 is 0 Å². The van der Waals surface area contributed by atoms with Gasteiger partial charge in [-0.25, -0.2) is 0 Å². The average molecular weight is 289 g/mol. The van der Waals surface area contributed by atoms with E-state index in [-0.39, 0.29) is 18.0 Å². The number of benzene rings is 1. The highest BCUT2D eigenvalue weighted by molar-refractivity contribution is 5.72. The zero-order valence-corrected chi connectivity index (χ0v) is 11.5. The maximum absolute atomic E-state index is 12.3. The van der Waals surface area contributed by atoms with Gasteiger partial charge >= 0.3 is 12.6 Å². The van der Waals surface area contributed by atoms with Gasteiger partial charge in [0.25, 0.3) is 0 Å². The van der Waals surface area contributed by atoms with Gasteiger partial charge in [-0.15, -0.1) is 0 Å². The number of methoxy groups -OCH3 is 1. The topological polar surface area (TPSA) is 59.0 Å². The molecule has 0 aliphatic rings. The minimum atomic E-state index is -2.95. The molecule has 0 heterocycles. The first-order valence-corrected chi connectivity index (χ1v) is 5.90. The van der Waals surface area contributed by atoms with Crippen molar-refractivity contribution in [1.29, 1.82) is 0 Å². The van der Waals surface area contributed by atoms with Crippen molar-refractivity contribution in [3.05, 3.63) is 23.8 Å². The Labute approximate surface area is 115 Å². The Bertz CT molecular complexity index is 468. The van der Waals surface area contributed by atoms with E-state index in [1.54, 1.807) is 24.9 Å². The second-order valence-electron chi connectivity index (χ2n) is 4.29. The molecule has 0 spiro atoms. The SMILES string of the molecule is COc1ccc(CN(C)C(C)C(=O)O)cc1OC(F)F. The molecule has 1 aromatic rings. The van der Waals surface area contributed by atoms with Crippen LogP contribution in [-0.2, 0) is 11.3 Å². The number of nitrogens with zero attached hydrogens (tertiary/aromatic N) is 1. The second-order valence-corrected chi connectivity index (χ2v) is 4.29. The molecule has 1 unspecified atom stereocenters. The van der Waals surface area contributed by atoms with Crippen LogP contribution in [0.3, 0.4) is 0 Å². The summed E-state index contributed by atoms with van der Waals surface area (Å²) in [6, 6.07) is 3.90. The van der Waals surface area contributed by atoms with Gasteiger partial charge in [-0.3, -0.25) is 9.69 Å². The lowest BCUT2D eigenvalue weighted by atomic mass is 10.1. The Balaban J connectivity index is 2.88. The van der Waals surface area contributed by atoms with E-state index in [1.807, 2.05) is 0 Å². The first-order chi connectivity index (χ1) is 9.35. The lowest BCUT2D eigenvalue weighted by Crippen LogP contribution is -2.35. The third-order valence-electron chi connectivity index (χ3n) is 2.89. The van der Waals surface area contributed by atoms with E-state index < -0.39 is 18.6 Å². The molecule has 0 saturated carbocycles. The summed E-state index contributed by atoms with van der Waals surface area (Å²) in [7, 11) is 2.99. The van der Waals surface area contributed by atoms with Crippen molar-refractivity contribution in [2.45, 2.75) is 26.1 Å². The van der Waals surface area contributed by atoms with Crippen LogP contribution in [0.4, 0.5) is 8.78 Å². The number of hydrogen-bond acceptors (Lipinski definition) is 4. The Hall–Kier alpha value is -1.89. The first-order valence-electron chi connectivity index (χ1n) is 5.90. The normalized spacial score (nSPS) is 12.6. The van der Waals surface area contributed by atoms with Crippen LogP contribution in [0.2, 0.25) is 0 Å². The lowest BCUT2D eigenvalue weighted by Gasteiger charge is -2.21. The summed E-state index contributed by atoms with van der Waals surface area (Å²) < 4.78 is 33.9. The van der Waals surface area contributed by atoms with Crippen molar-refractivity contribution in [2.24, 2.45) is 0 Å². The van der Waals surface area contributed by atoms with Crippen molar-refractivity contribution < 1.29 is 28.2 Å². The van der Waals surface area contributed by atoms with Gasteiger partial charge in [-0.2, -0.15) is 8.78 Å². The molecule has 0 fully saturated rings. The molecule has 5 nitrogen and oxygen atoms in total. The van der Waals surface area contributed by atoms with Crippen molar-refractivity contribution >= 4 is 5.97 Å². The Morgan fingerprint density at radius 1 is 1.40 bits per heavy atom. The summed E-state index contributed by atoms with van der Waals surface area (Å²) >= 11 is 0. The monoisotopic (exact) mass is 289 g/mol. The number of carbonyl (C=O) groups is 1. The molecule has 1 rings (SSSR count). The van der Waals surface area contributed by atoms with E-state index in [4.69, 9.17) is 9.84 Å². The molecule has 20 heavy (non-hydrogen) atoms. The van der Waals surface area contributed by atoms with Crippen LogP contribution in [0.1, 0.15) is 12.5 Å². The number of alkyl halides is 2. The van der Waals surface area contributed by atoms with Gasteiger partial charge < -0.3 is 14.6 Å². The van der Waals surface area contributed by atoms with E-state index in [0.29, 0.717) is 5.56 Å². The predicted octanol–water partition coefficient (Wildman–Crippen LogP) is 2.20. The molecule has 1 atom stereocenters. The Morgan fingerprint density at radius 2 is 2.05 bits per heavy atom. The minimum Gasteiger partial charge on any atom is -0.493 e. The number of carboxylic acid groups (broad SMARTS) is 1. The van der Waals surface area contributed by atoms with Crippen LogP contribution in [0.15, 0.2) is 18.2 Å². The molecule has 0 amide bonds. The third kappa shape index (κ3) is 4.34. The molecule has 1 N–H and O–H groups in total. The van der Waals surface area contributed by atoms with Gasteiger partial charge in [0.1, 0.15) is 6.04 Å². The number of halogens is 2. The van der Waals surface area contributed by atoms with Crippen LogP contribution in [0.25, 0.3) is 0 Å². The molecule has 0 aliphatic heterocycles. The summed E-state index contributed by atoms with van der Waals surface area (Å²) in [5.41, 5.74) is 0.650. The quantitative estimate of drug-likeness (QED) is 0.834. The molecule has 7 heteroatoms. The highest BCUT2D eigenvalue weighted by Crippen LogP contribution is 2.29. The zero-order valence-electron chi connectivity index (χ0n) is 11.5. The van der Waals surface area contributed by atoms with Crippen LogP contribution in [0, 0.1) is 0 Å². The van der Waals surface area contributed by atoms with E-state index in [2.05, 4.69) is 4.74 Å². The molecule has 1 aromatic carbocycles. The molecule has 0 aliphatic carbocycles. The highest BCUT2D eigenvalue weighted by Gasteiger charge is 2.18. The van der Waals surface area contributed by atoms with Gasteiger partial charge in [0.15, 0.2) is 11.5 Å². The molecule has 0 aromatic heterocycles. The smallest absolute Gasteiger partial charge is 0.387 e. The predicted molar refractivity (Wildman–Crippen MR) is 68.2 cm³/mol. The second kappa shape index (κ2) is 7.04. The van der Waals surface area contributed by atoms with Crippen LogP contribution in [-0.4, -0.2) is 42.8 Å². The average Bonchev–Trinajstić information content (AvgIpc) is 2.37. The number of aliphatic carboxylic acids is 1. The summed E-state index contributed by atoms with van der Waals surface area (Å²) in [4.78, 5) is 12.4. The molecule has 0 saturated heterocycles. The van der Waals surface area contributed by atoms with Crippen molar-refractivity contribution in [3.63, 3.8) is 0 Å². The minimum absolute atomic E-state index is 0.0728. The zero-order chi connectivity index (χ0) is 15.3. The third-order valence-corrected chi connectivity index (χ3v) is 2.89. The lowest BCUT2D eigenvalue weighted by molar-refractivity contribution is -0.142. The molecular weight excluding hydrogens is 272 g/mol. The van der Waals surface area contributed by atoms with Crippen LogP contribution in [0.5, 0.6) is 11.5 Å². The van der Waals surface area contributed by atoms with Gasteiger partial charge in [-0.05, 0) is 31.7 Å². The van der Waals surface area contributed by atoms with Crippen LogP contribution >= 0.6 is 0 Å². The molecule has 0 bridgehead atoms. The van der Waals surface area contributed by atoms with Gasteiger partial charge in [0.2, 0.25) is 0 Å². The van der Waals surface area contributed by atoms with E-state index in [1.165, 1.54) is 19.2 Å². The first kappa shape index (κ1) is 16.2. The fourth-order valence-electron chi connectivity index (χ4n) is 1.62. The molecule has 0 radical (unpaired) electrons. The maximum atomic E-state index is 12.3. The summed E-state index contributed by atoms with van der Waals surface area (Å²) in [5, 5.41) is 8.90. The van der Waals surface area contributed by atoms with Gasteiger partial charge in [-0.1, -0.05) is 6.07 Å². The Morgan fingerprint density at radius 3 is 2.55 bits per heavy atom. The van der Waals surface area contributed by atoms with Crippen LogP contribution < -0.4 is 9.47 Å². The highest BCUT2D eigenvalue weighted by atomic mass is 19.3. The number of ether oxygens (including phenoxy) is 2.